The highest BCUT2D eigenvalue weighted by atomic mass is 16.5. The molecular formula is C15H31N3O3. The maximum Gasteiger partial charge on any atom is 0.191 e. The smallest absolute Gasteiger partial charge is 0.191 e. The summed E-state index contributed by atoms with van der Waals surface area (Å²) in [5, 5.41) is 16.8. The predicted octanol–water partition coefficient (Wildman–Crippen LogP) is 0.900. The van der Waals surface area contributed by atoms with Crippen molar-refractivity contribution in [2.75, 3.05) is 46.6 Å². The van der Waals surface area contributed by atoms with Gasteiger partial charge in [0.2, 0.25) is 0 Å². The Morgan fingerprint density at radius 2 is 1.95 bits per heavy atom. The fourth-order valence-electron chi connectivity index (χ4n) is 2.38. The zero-order valence-electron chi connectivity index (χ0n) is 13.5. The molecule has 0 spiro atoms. The molecule has 6 nitrogen and oxygen atoms in total. The molecule has 0 aromatic heterocycles. The first-order valence-corrected chi connectivity index (χ1v) is 8.01. The minimum absolute atomic E-state index is 0.479. The van der Waals surface area contributed by atoms with Crippen molar-refractivity contribution in [1.82, 2.24) is 10.6 Å². The van der Waals surface area contributed by atoms with Gasteiger partial charge in [0.05, 0.1) is 25.4 Å². The van der Waals surface area contributed by atoms with Gasteiger partial charge < -0.3 is 25.2 Å². The number of ether oxygens (including phenoxy) is 2. The normalized spacial score (nSPS) is 18.0. The second-order valence-corrected chi connectivity index (χ2v) is 5.51. The van der Waals surface area contributed by atoms with Crippen LogP contribution < -0.4 is 10.6 Å². The van der Waals surface area contributed by atoms with Crippen LogP contribution in [-0.4, -0.2) is 63.2 Å². The third kappa shape index (κ3) is 8.24. The Bertz CT molecular complexity index is 292. The minimum atomic E-state index is -0.592. The monoisotopic (exact) mass is 301 g/mol. The summed E-state index contributed by atoms with van der Waals surface area (Å²) >= 11 is 0. The molecule has 0 radical (unpaired) electrons. The van der Waals surface area contributed by atoms with Gasteiger partial charge in [0.1, 0.15) is 0 Å². The van der Waals surface area contributed by atoms with Gasteiger partial charge in [-0.05, 0) is 26.2 Å². The molecule has 0 heterocycles. The summed E-state index contributed by atoms with van der Waals surface area (Å²) in [6, 6.07) is 0. The second kappa shape index (κ2) is 10.8. The Morgan fingerprint density at radius 3 is 2.62 bits per heavy atom. The fourth-order valence-corrected chi connectivity index (χ4v) is 2.38. The molecule has 1 aliphatic carbocycles. The third-order valence-electron chi connectivity index (χ3n) is 3.60. The van der Waals surface area contributed by atoms with Crippen molar-refractivity contribution >= 4 is 5.96 Å². The largest absolute Gasteiger partial charge is 0.388 e. The van der Waals surface area contributed by atoms with Crippen molar-refractivity contribution in [3.05, 3.63) is 0 Å². The Morgan fingerprint density at radius 1 is 1.19 bits per heavy atom. The third-order valence-corrected chi connectivity index (χ3v) is 3.60. The van der Waals surface area contributed by atoms with Crippen LogP contribution >= 0.6 is 0 Å². The molecule has 1 saturated carbocycles. The Kier molecular flexibility index (Phi) is 9.37. The summed E-state index contributed by atoms with van der Waals surface area (Å²) in [7, 11) is 1.67. The van der Waals surface area contributed by atoms with Gasteiger partial charge in [-0.1, -0.05) is 12.8 Å². The van der Waals surface area contributed by atoms with Gasteiger partial charge in [-0.15, -0.1) is 0 Å². The molecule has 0 bridgehead atoms. The Balaban J connectivity index is 2.19. The Labute approximate surface area is 128 Å². The zero-order valence-corrected chi connectivity index (χ0v) is 13.5. The number of nitrogens with one attached hydrogen (secondary N) is 2. The highest BCUT2D eigenvalue weighted by Gasteiger charge is 2.30. The van der Waals surface area contributed by atoms with Gasteiger partial charge in [0.25, 0.3) is 0 Å². The van der Waals surface area contributed by atoms with Gasteiger partial charge >= 0.3 is 0 Å². The molecular weight excluding hydrogens is 270 g/mol. The average Bonchev–Trinajstić information content (AvgIpc) is 2.91. The lowest BCUT2D eigenvalue weighted by Gasteiger charge is -2.20. The van der Waals surface area contributed by atoms with Crippen LogP contribution in [0.15, 0.2) is 4.99 Å². The number of hydrogen-bond acceptors (Lipinski definition) is 4. The van der Waals surface area contributed by atoms with E-state index in [1.54, 1.807) is 7.11 Å². The SMILES string of the molecule is CCNC(=NCC1(O)CCCC1)NCCCOCCOC. The van der Waals surface area contributed by atoms with Crippen LogP contribution in [0.1, 0.15) is 39.0 Å². The maximum atomic E-state index is 10.3. The average molecular weight is 301 g/mol. The van der Waals surface area contributed by atoms with E-state index < -0.39 is 5.60 Å². The van der Waals surface area contributed by atoms with Crippen LogP contribution in [0.4, 0.5) is 0 Å². The number of aliphatic hydroxyl groups is 1. The molecule has 1 fully saturated rings. The van der Waals surface area contributed by atoms with Gasteiger partial charge in [0.15, 0.2) is 5.96 Å². The number of nitrogens with zero attached hydrogens (tertiary/aromatic N) is 1. The van der Waals surface area contributed by atoms with Crippen LogP contribution in [0.2, 0.25) is 0 Å². The first kappa shape index (κ1) is 18.2. The van der Waals surface area contributed by atoms with Crippen molar-refractivity contribution < 1.29 is 14.6 Å². The van der Waals surface area contributed by atoms with Crippen LogP contribution in [-0.2, 0) is 9.47 Å². The lowest BCUT2D eigenvalue weighted by molar-refractivity contribution is 0.0574. The molecule has 0 amide bonds. The van der Waals surface area contributed by atoms with E-state index in [2.05, 4.69) is 15.6 Å². The van der Waals surface area contributed by atoms with Crippen LogP contribution in [0, 0.1) is 0 Å². The number of methoxy groups -OCH3 is 1. The Hall–Kier alpha value is -0.850. The molecule has 0 unspecified atom stereocenters. The molecule has 0 aromatic carbocycles. The molecule has 1 aliphatic rings. The van der Waals surface area contributed by atoms with E-state index in [0.717, 1.165) is 51.2 Å². The summed E-state index contributed by atoms with van der Waals surface area (Å²) in [6.45, 7) is 6.11. The van der Waals surface area contributed by atoms with Gasteiger partial charge in [-0.2, -0.15) is 0 Å². The molecule has 21 heavy (non-hydrogen) atoms. The second-order valence-electron chi connectivity index (χ2n) is 5.51. The topological polar surface area (TPSA) is 75.1 Å². The highest BCUT2D eigenvalue weighted by Crippen LogP contribution is 2.29. The standard InChI is InChI=1S/C15H31N3O3/c1-3-16-14(17-9-6-10-21-12-11-20-2)18-13-15(19)7-4-5-8-15/h19H,3-13H2,1-2H3,(H2,16,17,18). The van der Waals surface area contributed by atoms with Crippen molar-refractivity contribution in [2.45, 2.75) is 44.6 Å². The van der Waals surface area contributed by atoms with Crippen molar-refractivity contribution in [3.63, 3.8) is 0 Å². The molecule has 0 aromatic rings. The first-order chi connectivity index (χ1) is 10.2. The number of guanidine groups is 1. The van der Waals surface area contributed by atoms with Crippen molar-refractivity contribution in [3.8, 4) is 0 Å². The van der Waals surface area contributed by atoms with E-state index in [1.165, 1.54) is 0 Å². The van der Waals surface area contributed by atoms with Gasteiger partial charge in [0, 0.05) is 26.8 Å². The first-order valence-electron chi connectivity index (χ1n) is 8.01. The van der Waals surface area contributed by atoms with E-state index >= 15 is 0 Å². The van der Waals surface area contributed by atoms with Gasteiger partial charge in [-0.3, -0.25) is 4.99 Å². The number of aliphatic imine (C=N–C) groups is 1. The lowest BCUT2D eigenvalue weighted by atomic mass is 10.0. The minimum Gasteiger partial charge on any atom is -0.388 e. The number of hydrogen-bond donors (Lipinski definition) is 3. The summed E-state index contributed by atoms with van der Waals surface area (Å²) in [5.41, 5.74) is -0.592. The zero-order chi connectivity index (χ0) is 15.4. The summed E-state index contributed by atoms with van der Waals surface area (Å²) in [5.74, 6) is 0.773. The maximum absolute atomic E-state index is 10.3. The number of rotatable bonds is 10. The fraction of sp³-hybridized carbons (Fsp3) is 0.933. The predicted molar refractivity (Wildman–Crippen MR) is 84.7 cm³/mol. The molecule has 0 atom stereocenters. The quantitative estimate of drug-likeness (QED) is 0.317. The van der Waals surface area contributed by atoms with E-state index in [1.807, 2.05) is 6.92 Å². The lowest BCUT2D eigenvalue weighted by Crippen LogP contribution is -2.40. The summed E-state index contributed by atoms with van der Waals surface area (Å²) in [6.07, 6.45) is 4.86. The molecule has 3 N–H and O–H groups in total. The molecule has 124 valence electrons. The molecule has 0 aliphatic heterocycles. The van der Waals surface area contributed by atoms with E-state index in [-0.39, 0.29) is 0 Å². The van der Waals surface area contributed by atoms with E-state index in [9.17, 15) is 5.11 Å². The van der Waals surface area contributed by atoms with E-state index in [0.29, 0.717) is 26.4 Å². The van der Waals surface area contributed by atoms with Crippen molar-refractivity contribution in [1.29, 1.82) is 0 Å². The van der Waals surface area contributed by atoms with Crippen LogP contribution in [0.3, 0.4) is 0 Å². The molecule has 0 saturated heterocycles. The van der Waals surface area contributed by atoms with Crippen molar-refractivity contribution in [2.24, 2.45) is 4.99 Å². The molecule has 1 rings (SSSR count). The van der Waals surface area contributed by atoms with Crippen LogP contribution in [0.5, 0.6) is 0 Å². The highest BCUT2D eigenvalue weighted by molar-refractivity contribution is 5.79. The summed E-state index contributed by atoms with van der Waals surface area (Å²) < 4.78 is 10.3. The van der Waals surface area contributed by atoms with Gasteiger partial charge in [-0.25, -0.2) is 0 Å². The molecule has 6 heteroatoms. The van der Waals surface area contributed by atoms with E-state index in [4.69, 9.17) is 9.47 Å². The van der Waals surface area contributed by atoms with Crippen LogP contribution in [0.25, 0.3) is 0 Å². The summed E-state index contributed by atoms with van der Waals surface area (Å²) in [4.78, 5) is 4.50.